The molecule has 0 N–H and O–H groups in total. The lowest BCUT2D eigenvalue weighted by Crippen LogP contribution is -2.50. The minimum Gasteiger partial charge on any atom is -0.470 e. The number of non-ortho nitro benzene ring substituents is 3. The Hall–Kier alpha value is -4.78. The first kappa shape index (κ1) is 19.9. The Bertz CT molecular complexity index is 1260. The number of benzene rings is 3. The topological polar surface area (TPSA) is 160 Å². The first-order chi connectivity index (χ1) is 16.3. The molecule has 0 aliphatic carbocycles. The molecule has 0 bridgehead atoms. The second-order valence-electron chi connectivity index (χ2n) is 7.80. The third-order valence-electron chi connectivity index (χ3n) is 5.94. The van der Waals surface area contributed by atoms with Gasteiger partial charge in [0.25, 0.3) is 17.1 Å². The normalized spacial score (nSPS) is 21.4. The largest absolute Gasteiger partial charge is 0.470 e. The van der Waals surface area contributed by atoms with Gasteiger partial charge in [-0.1, -0.05) is 0 Å². The summed E-state index contributed by atoms with van der Waals surface area (Å²) in [4.78, 5) is 34.1. The van der Waals surface area contributed by atoms with Crippen LogP contribution in [0.1, 0.15) is 35.4 Å². The lowest BCUT2D eigenvalue weighted by molar-refractivity contribution is -0.385. The van der Waals surface area contributed by atoms with Crippen molar-refractivity contribution in [1.29, 1.82) is 0 Å². The van der Waals surface area contributed by atoms with Gasteiger partial charge in [-0.15, -0.1) is 0 Å². The van der Waals surface area contributed by atoms with E-state index < -0.39 is 33.5 Å². The molecule has 3 aromatic carbocycles. The van der Waals surface area contributed by atoms with E-state index in [4.69, 9.17) is 14.2 Å². The highest BCUT2D eigenvalue weighted by atomic mass is 16.6. The summed E-state index contributed by atoms with van der Waals surface area (Å²) in [6, 6.07) is 12.2. The number of nitro benzene ring substituents is 3. The molecule has 3 aromatic rings. The average Bonchev–Trinajstić information content (AvgIpc) is 2.83. The number of rotatable bonds is 3. The molecule has 0 fully saturated rings. The molecule has 3 unspecified atom stereocenters. The van der Waals surface area contributed by atoms with E-state index in [9.17, 15) is 30.3 Å². The van der Waals surface area contributed by atoms with Crippen molar-refractivity contribution in [1.82, 2.24) is 4.90 Å². The van der Waals surface area contributed by atoms with Crippen LogP contribution in [0.15, 0.2) is 54.6 Å². The third-order valence-corrected chi connectivity index (χ3v) is 5.94. The van der Waals surface area contributed by atoms with Gasteiger partial charge < -0.3 is 14.2 Å². The number of fused-ring (bicyclic) bond motifs is 6. The highest BCUT2D eigenvalue weighted by molar-refractivity contribution is 5.54. The van der Waals surface area contributed by atoms with Gasteiger partial charge in [0.2, 0.25) is 0 Å². The molecule has 6 rings (SSSR count). The van der Waals surface area contributed by atoms with Crippen LogP contribution in [0.2, 0.25) is 0 Å². The zero-order chi connectivity index (χ0) is 23.7. The standard InChI is InChI=1S/C21H12N4O9/c26-23(27)10-1-4-16-13(7-10)19-22-20(32-16)14-8-11(24(28)29)2-5-17(14)34-21(22)15-9-12(25(30)31)3-6-18(15)33-19/h1-9,19-21H. The Morgan fingerprint density at radius 2 is 0.853 bits per heavy atom. The number of ether oxygens (including phenoxy) is 3. The van der Waals surface area contributed by atoms with Gasteiger partial charge in [0.15, 0.2) is 18.7 Å². The third kappa shape index (κ3) is 2.77. The van der Waals surface area contributed by atoms with Crippen LogP contribution in [-0.4, -0.2) is 19.7 Å². The summed E-state index contributed by atoms with van der Waals surface area (Å²) in [5.74, 6) is 0.918. The van der Waals surface area contributed by atoms with Crippen LogP contribution in [0.5, 0.6) is 17.2 Å². The molecule has 0 saturated carbocycles. The van der Waals surface area contributed by atoms with E-state index in [1.54, 1.807) is 4.90 Å². The zero-order valence-corrected chi connectivity index (χ0v) is 16.9. The molecule has 0 spiro atoms. The summed E-state index contributed by atoms with van der Waals surface area (Å²) >= 11 is 0. The van der Waals surface area contributed by atoms with Crippen molar-refractivity contribution >= 4 is 17.1 Å². The first-order valence-electron chi connectivity index (χ1n) is 9.94. The minimum atomic E-state index is -0.917. The van der Waals surface area contributed by atoms with E-state index >= 15 is 0 Å². The molecule has 13 nitrogen and oxygen atoms in total. The van der Waals surface area contributed by atoms with E-state index in [1.165, 1.54) is 54.6 Å². The van der Waals surface area contributed by atoms with Crippen LogP contribution in [0.3, 0.4) is 0 Å². The molecule has 3 aliphatic rings. The molecule has 0 amide bonds. The van der Waals surface area contributed by atoms with Gasteiger partial charge in [0, 0.05) is 36.4 Å². The van der Waals surface area contributed by atoms with Gasteiger partial charge in [-0.25, -0.2) is 0 Å². The molecule has 170 valence electrons. The molecule has 3 atom stereocenters. The summed E-state index contributed by atoms with van der Waals surface area (Å²) in [5, 5.41) is 34.1. The van der Waals surface area contributed by atoms with Crippen LogP contribution >= 0.6 is 0 Å². The number of hydrogen-bond acceptors (Lipinski definition) is 10. The van der Waals surface area contributed by atoms with E-state index in [0.29, 0.717) is 33.9 Å². The predicted octanol–water partition coefficient (Wildman–Crippen LogP) is 4.29. The smallest absolute Gasteiger partial charge is 0.270 e. The monoisotopic (exact) mass is 464 g/mol. The molecular formula is C21H12N4O9. The van der Waals surface area contributed by atoms with Gasteiger partial charge in [0.1, 0.15) is 17.2 Å². The highest BCUT2D eigenvalue weighted by Gasteiger charge is 2.52. The van der Waals surface area contributed by atoms with Gasteiger partial charge in [-0.05, 0) is 18.2 Å². The van der Waals surface area contributed by atoms with Crippen LogP contribution in [-0.2, 0) is 0 Å². The van der Waals surface area contributed by atoms with E-state index in [-0.39, 0.29) is 17.1 Å². The molecule has 0 saturated heterocycles. The minimum absolute atomic E-state index is 0.176. The quantitative estimate of drug-likeness (QED) is 0.404. The molecule has 3 heterocycles. The van der Waals surface area contributed by atoms with Crippen molar-refractivity contribution in [2.75, 3.05) is 0 Å². The Balaban J connectivity index is 1.58. The second-order valence-corrected chi connectivity index (χ2v) is 7.80. The Morgan fingerprint density at radius 3 is 1.12 bits per heavy atom. The Morgan fingerprint density at radius 1 is 0.559 bits per heavy atom. The Labute approximate surface area is 189 Å². The first-order valence-corrected chi connectivity index (χ1v) is 9.94. The SMILES string of the molecule is O=[N+]([O-])c1ccc2c(c1)C1Oc3ccc([N+](=O)[O-])cc3C3Oc4ccc([N+](=O)[O-])cc4C(O2)N13. The highest BCUT2D eigenvalue weighted by Crippen LogP contribution is 2.57. The molecular weight excluding hydrogens is 452 g/mol. The van der Waals surface area contributed by atoms with Crippen LogP contribution in [0.25, 0.3) is 0 Å². The fourth-order valence-corrected chi connectivity index (χ4v) is 4.43. The van der Waals surface area contributed by atoms with Gasteiger partial charge in [0.05, 0.1) is 31.5 Å². The van der Waals surface area contributed by atoms with Crippen LogP contribution in [0.4, 0.5) is 17.1 Å². The molecule has 13 heteroatoms. The maximum atomic E-state index is 11.4. The van der Waals surface area contributed by atoms with Gasteiger partial charge in [-0.2, -0.15) is 4.90 Å². The van der Waals surface area contributed by atoms with Crippen molar-refractivity contribution in [3.63, 3.8) is 0 Å². The van der Waals surface area contributed by atoms with Crippen LogP contribution in [0, 0.1) is 30.3 Å². The predicted molar refractivity (Wildman–Crippen MR) is 111 cm³/mol. The number of hydrogen-bond donors (Lipinski definition) is 0. The summed E-state index contributed by atoms with van der Waals surface area (Å²) in [6.07, 6.45) is -2.75. The van der Waals surface area contributed by atoms with Crippen molar-refractivity contribution in [2.45, 2.75) is 18.7 Å². The summed E-state index contributed by atoms with van der Waals surface area (Å²) in [6.45, 7) is 0. The second kappa shape index (κ2) is 6.86. The van der Waals surface area contributed by atoms with Gasteiger partial charge in [-0.3, -0.25) is 30.3 Å². The lowest BCUT2D eigenvalue weighted by atomic mass is 9.98. The van der Waals surface area contributed by atoms with E-state index in [1.807, 2.05) is 0 Å². The lowest BCUT2D eigenvalue weighted by Gasteiger charge is -2.51. The van der Waals surface area contributed by atoms with E-state index in [2.05, 4.69) is 0 Å². The summed E-state index contributed by atoms with van der Waals surface area (Å²) in [7, 11) is 0. The molecule has 0 aromatic heterocycles. The molecule has 3 aliphatic heterocycles. The van der Waals surface area contributed by atoms with Crippen molar-refractivity contribution in [3.05, 3.63) is 102 Å². The maximum Gasteiger partial charge on any atom is 0.270 e. The van der Waals surface area contributed by atoms with Crippen molar-refractivity contribution < 1.29 is 29.0 Å². The van der Waals surface area contributed by atoms with Gasteiger partial charge >= 0.3 is 0 Å². The van der Waals surface area contributed by atoms with Crippen LogP contribution < -0.4 is 14.2 Å². The fraction of sp³-hybridized carbons (Fsp3) is 0.143. The zero-order valence-electron chi connectivity index (χ0n) is 16.9. The number of nitrogens with zero attached hydrogens (tertiary/aromatic N) is 4. The summed E-state index contributed by atoms with van der Waals surface area (Å²) in [5.41, 5.74) is 0.545. The number of nitro groups is 3. The molecule has 0 radical (unpaired) electrons. The maximum absolute atomic E-state index is 11.4. The molecule has 34 heavy (non-hydrogen) atoms. The van der Waals surface area contributed by atoms with E-state index in [0.717, 1.165) is 0 Å². The van der Waals surface area contributed by atoms with Crippen molar-refractivity contribution in [2.24, 2.45) is 0 Å². The summed E-state index contributed by atoms with van der Waals surface area (Å²) < 4.78 is 18.4. The van der Waals surface area contributed by atoms with Crippen molar-refractivity contribution in [3.8, 4) is 17.2 Å². The average molecular weight is 464 g/mol. The Kier molecular flexibility index (Phi) is 4.01. The fourth-order valence-electron chi connectivity index (χ4n) is 4.43.